The summed E-state index contributed by atoms with van der Waals surface area (Å²) in [4.78, 5) is 1.10. The average molecular weight is 314 g/mol. The molecule has 2 saturated carbocycles. The van der Waals surface area contributed by atoms with Crippen LogP contribution in [0.5, 0.6) is 0 Å². The summed E-state index contributed by atoms with van der Waals surface area (Å²) in [6.07, 6.45) is 6.08. The summed E-state index contributed by atoms with van der Waals surface area (Å²) >= 11 is 1.40. The van der Waals surface area contributed by atoms with Crippen LogP contribution in [0.15, 0.2) is 16.3 Å². The van der Waals surface area contributed by atoms with E-state index in [9.17, 15) is 8.42 Å². The Bertz CT molecular complexity index is 559. The van der Waals surface area contributed by atoms with Crippen LogP contribution in [0, 0.1) is 5.92 Å². The van der Waals surface area contributed by atoms with Crippen LogP contribution in [-0.4, -0.2) is 32.4 Å². The molecule has 1 aromatic rings. The van der Waals surface area contributed by atoms with Gasteiger partial charge in [0, 0.05) is 31.1 Å². The van der Waals surface area contributed by atoms with Crippen molar-refractivity contribution in [2.75, 3.05) is 13.6 Å². The van der Waals surface area contributed by atoms with E-state index in [1.807, 2.05) is 6.07 Å². The molecule has 112 valence electrons. The zero-order chi connectivity index (χ0) is 14.2. The largest absolute Gasteiger partial charge is 0.309 e. The highest BCUT2D eigenvalue weighted by atomic mass is 32.2. The smallest absolute Gasteiger partial charge is 0.252 e. The molecular formula is C14H22N2O2S2. The van der Waals surface area contributed by atoms with Crippen molar-refractivity contribution in [2.45, 2.75) is 48.9 Å². The highest BCUT2D eigenvalue weighted by Crippen LogP contribution is 2.30. The van der Waals surface area contributed by atoms with Gasteiger partial charge in [-0.05, 0) is 43.7 Å². The monoisotopic (exact) mass is 314 g/mol. The highest BCUT2D eigenvalue weighted by Gasteiger charge is 2.28. The topological polar surface area (TPSA) is 49.4 Å². The molecule has 1 N–H and O–H groups in total. The third-order valence-electron chi connectivity index (χ3n) is 4.18. The fourth-order valence-corrected chi connectivity index (χ4v) is 5.18. The molecular weight excluding hydrogens is 292 g/mol. The summed E-state index contributed by atoms with van der Waals surface area (Å²) in [7, 11) is -1.58. The minimum Gasteiger partial charge on any atom is -0.309 e. The molecule has 3 rings (SSSR count). The van der Waals surface area contributed by atoms with E-state index in [2.05, 4.69) is 5.32 Å². The number of nitrogens with zero attached hydrogens (tertiary/aromatic N) is 1. The van der Waals surface area contributed by atoms with E-state index in [1.54, 1.807) is 13.1 Å². The number of hydrogen-bond donors (Lipinski definition) is 1. The molecule has 1 heterocycles. The van der Waals surface area contributed by atoms with Crippen LogP contribution in [-0.2, 0) is 16.6 Å². The summed E-state index contributed by atoms with van der Waals surface area (Å²) in [5.74, 6) is 0.561. The van der Waals surface area contributed by atoms with Crippen molar-refractivity contribution < 1.29 is 8.42 Å². The van der Waals surface area contributed by atoms with Gasteiger partial charge in [0.15, 0.2) is 0 Å². The molecule has 2 fully saturated rings. The molecule has 1 aromatic heterocycles. The first kappa shape index (κ1) is 14.5. The lowest BCUT2D eigenvalue weighted by Crippen LogP contribution is -2.33. The third-order valence-corrected chi connectivity index (χ3v) is 7.56. The fraction of sp³-hybridized carbons (Fsp3) is 0.714. The second kappa shape index (κ2) is 5.75. The summed E-state index contributed by atoms with van der Waals surface area (Å²) < 4.78 is 27.0. The number of nitrogens with one attached hydrogen (secondary N) is 1. The lowest BCUT2D eigenvalue weighted by molar-refractivity contribution is 0.263. The van der Waals surface area contributed by atoms with Gasteiger partial charge >= 0.3 is 0 Å². The molecule has 0 atom stereocenters. The van der Waals surface area contributed by atoms with E-state index in [0.717, 1.165) is 11.4 Å². The maximum Gasteiger partial charge on any atom is 0.252 e. The molecule has 0 radical (unpaired) electrons. The number of sulfonamides is 1. The highest BCUT2D eigenvalue weighted by molar-refractivity contribution is 7.91. The van der Waals surface area contributed by atoms with Crippen molar-refractivity contribution in [2.24, 2.45) is 5.92 Å². The van der Waals surface area contributed by atoms with Crippen molar-refractivity contribution in [3.05, 3.63) is 17.0 Å². The SMILES string of the molecule is CN(CC1CCC1)S(=O)(=O)c1ccc(CNC2CC2)s1. The van der Waals surface area contributed by atoms with Gasteiger partial charge in [-0.15, -0.1) is 11.3 Å². The van der Waals surface area contributed by atoms with Crippen LogP contribution < -0.4 is 5.32 Å². The molecule has 0 bridgehead atoms. The average Bonchev–Trinajstić information content (AvgIpc) is 3.07. The van der Waals surface area contributed by atoms with E-state index >= 15 is 0 Å². The molecule has 2 aliphatic carbocycles. The molecule has 20 heavy (non-hydrogen) atoms. The number of rotatable bonds is 7. The van der Waals surface area contributed by atoms with Gasteiger partial charge < -0.3 is 5.32 Å². The normalized spacial score (nSPS) is 20.3. The van der Waals surface area contributed by atoms with Gasteiger partial charge in [-0.3, -0.25) is 0 Å². The predicted octanol–water partition coefficient (Wildman–Crippen LogP) is 2.42. The molecule has 4 nitrogen and oxygen atoms in total. The van der Waals surface area contributed by atoms with Gasteiger partial charge in [-0.25, -0.2) is 8.42 Å². The summed E-state index contributed by atoms with van der Waals surface area (Å²) in [5, 5.41) is 3.42. The van der Waals surface area contributed by atoms with Crippen molar-refractivity contribution in [3.63, 3.8) is 0 Å². The first-order valence-corrected chi connectivity index (χ1v) is 9.60. The van der Waals surface area contributed by atoms with Crippen molar-refractivity contribution >= 4 is 21.4 Å². The molecule has 0 aliphatic heterocycles. The molecule has 0 aromatic carbocycles. The second-order valence-electron chi connectivity index (χ2n) is 5.96. The second-order valence-corrected chi connectivity index (χ2v) is 9.40. The molecule has 0 spiro atoms. The molecule has 6 heteroatoms. The Morgan fingerprint density at radius 1 is 1.30 bits per heavy atom. The predicted molar refractivity (Wildman–Crippen MR) is 81.3 cm³/mol. The maximum absolute atomic E-state index is 12.5. The van der Waals surface area contributed by atoms with Crippen molar-refractivity contribution in [1.29, 1.82) is 0 Å². The Kier molecular flexibility index (Phi) is 4.17. The van der Waals surface area contributed by atoms with Crippen LogP contribution >= 0.6 is 11.3 Å². The van der Waals surface area contributed by atoms with Crippen LogP contribution in [0.25, 0.3) is 0 Å². The van der Waals surface area contributed by atoms with Crippen LogP contribution in [0.1, 0.15) is 37.0 Å². The first-order chi connectivity index (χ1) is 9.55. The van der Waals surface area contributed by atoms with Gasteiger partial charge in [-0.1, -0.05) is 6.42 Å². The Balaban J connectivity index is 1.62. The Morgan fingerprint density at radius 2 is 2.05 bits per heavy atom. The van der Waals surface area contributed by atoms with E-state index in [0.29, 0.717) is 22.7 Å². The molecule has 2 aliphatic rings. The minimum absolute atomic E-state index is 0.479. The lowest BCUT2D eigenvalue weighted by atomic mass is 9.86. The first-order valence-electron chi connectivity index (χ1n) is 7.34. The standard InChI is InChI=1S/C14H22N2O2S2/c1-16(10-11-3-2-4-11)20(17,18)14-8-7-13(19-14)9-15-12-5-6-12/h7-8,11-12,15H,2-6,9-10H2,1H3. The Hall–Kier alpha value is -0.430. The Labute approximate surface area is 125 Å². The number of thiophene rings is 1. The molecule has 0 unspecified atom stereocenters. The Morgan fingerprint density at radius 3 is 2.65 bits per heavy atom. The van der Waals surface area contributed by atoms with Gasteiger partial charge in [-0.2, -0.15) is 4.31 Å². The molecule has 0 saturated heterocycles. The van der Waals surface area contributed by atoms with Crippen LogP contribution in [0.3, 0.4) is 0 Å². The van der Waals surface area contributed by atoms with Gasteiger partial charge in [0.05, 0.1) is 0 Å². The summed E-state index contributed by atoms with van der Waals surface area (Å²) in [6.45, 7) is 1.45. The fourth-order valence-electron chi connectivity index (χ4n) is 2.41. The van der Waals surface area contributed by atoms with Crippen molar-refractivity contribution in [3.8, 4) is 0 Å². The van der Waals surface area contributed by atoms with E-state index in [4.69, 9.17) is 0 Å². The lowest BCUT2D eigenvalue weighted by Gasteiger charge is -2.29. The zero-order valence-electron chi connectivity index (χ0n) is 11.8. The van der Waals surface area contributed by atoms with Crippen molar-refractivity contribution in [1.82, 2.24) is 9.62 Å². The van der Waals surface area contributed by atoms with E-state index in [-0.39, 0.29) is 0 Å². The minimum atomic E-state index is -3.29. The van der Waals surface area contributed by atoms with Gasteiger partial charge in [0.25, 0.3) is 10.0 Å². The van der Waals surface area contributed by atoms with Crippen LogP contribution in [0.2, 0.25) is 0 Å². The quantitative estimate of drug-likeness (QED) is 0.841. The number of hydrogen-bond acceptors (Lipinski definition) is 4. The third kappa shape index (κ3) is 3.24. The summed E-state index contributed by atoms with van der Waals surface area (Å²) in [5.41, 5.74) is 0. The molecule has 0 amide bonds. The maximum atomic E-state index is 12.5. The van der Waals surface area contributed by atoms with E-state index in [1.165, 1.54) is 47.7 Å². The van der Waals surface area contributed by atoms with Gasteiger partial charge in [0.1, 0.15) is 4.21 Å². The summed E-state index contributed by atoms with van der Waals surface area (Å²) in [6, 6.07) is 4.34. The van der Waals surface area contributed by atoms with Crippen LogP contribution in [0.4, 0.5) is 0 Å². The van der Waals surface area contributed by atoms with Gasteiger partial charge in [0.2, 0.25) is 0 Å². The van der Waals surface area contributed by atoms with E-state index < -0.39 is 10.0 Å². The zero-order valence-corrected chi connectivity index (χ0v) is 13.5.